The molecule has 0 amide bonds. The fraction of sp³-hybridized carbons (Fsp3) is 0.556. The van der Waals surface area contributed by atoms with Crippen LogP contribution in [0.2, 0.25) is 0 Å². The van der Waals surface area contributed by atoms with Gasteiger partial charge in [0.05, 0.1) is 26.2 Å². The molecule has 0 bridgehead atoms. The van der Waals surface area contributed by atoms with Crippen molar-refractivity contribution in [1.29, 1.82) is 0 Å². The van der Waals surface area contributed by atoms with Crippen LogP contribution >= 0.6 is 0 Å². The second-order valence-electron chi connectivity index (χ2n) is 2.71. The molecule has 0 fully saturated rings. The van der Waals surface area contributed by atoms with Gasteiger partial charge in [-0.25, -0.2) is 9.13 Å². The van der Waals surface area contributed by atoms with Gasteiger partial charge in [-0.2, -0.15) is 0 Å². The summed E-state index contributed by atoms with van der Waals surface area (Å²) in [6.45, 7) is 2.86. The average molecular weight is 200 g/mol. The lowest BCUT2D eigenvalue weighted by molar-refractivity contribution is -0.671. The Balaban J connectivity index is 0.000000255. The van der Waals surface area contributed by atoms with Gasteiger partial charge in [0.15, 0.2) is 0 Å². The number of aryl methyl sites for hydroxylation is 2. The number of hydrogen-bond donors (Lipinski definition) is 0. The van der Waals surface area contributed by atoms with Gasteiger partial charge in [-0.05, 0) is 6.92 Å². The van der Waals surface area contributed by atoms with Gasteiger partial charge in [-0.1, -0.05) is 0 Å². The monoisotopic (exact) mass is 200 g/mol. The predicted octanol–water partition coefficient (Wildman–Crippen LogP) is -1.28. The van der Waals surface area contributed by atoms with Crippen LogP contribution in [0, 0.1) is 0 Å². The van der Waals surface area contributed by atoms with Crippen molar-refractivity contribution in [1.82, 2.24) is 4.57 Å². The normalized spacial score (nSPS) is 9.07. The molecule has 0 aliphatic heterocycles. The summed E-state index contributed by atoms with van der Waals surface area (Å²) in [7, 11) is 3.32. The molecule has 0 aromatic carbocycles. The topological polar surface area (TPSA) is 58.2 Å². The van der Waals surface area contributed by atoms with Gasteiger partial charge >= 0.3 is 0 Å². The highest BCUT2D eigenvalue weighted by atomic mass is 16.5. The standard InChI is InChI=1S/C6H11N2.C3H6O3/c1-3-8-5-4-7(2)6-8;1-6-2-3(4)5/h4-6H,3H2,1-2H3;2H2,1H3,(H,4,5)/q+1;/p-1. The van der Waals surface area contributed by atoms with Crippen molar-refractivity contribution in [3.63, 3.8) is 0 Å². The predicted molar refractivity (Wildman–Crippen MR) is 48.2 cm³/mol. The average Bonchev–Trinajstić information content (AvgIpc) is 2.52. The van der Waals surface area contributed by atoms with Gasteiger partial charge in [-0.3, -0.25) is 0 Å². The number of carbonyl (C=O) groups excluding carboxylic acids is 1. The zero-order chi connectivity index (χ0) is 11.0. The van der Waals surface area contributed by atoms with E-state index in [1.807, 2.05) is 17.8 Å². The second-order valence-corrected chi connectivity index (χ2v) is 2.71. The molecule has 0 saturated carbocycles. The SMILES string of the molecule is CCn1cc[n+](C)c1.COCC(=O)[O-]. The van der Waals surface area contributed by atoms with Crippen molar-refractivity contribution in [3.05, 3.63) is 18.7 Å². The summed E-state index contributed by atoms with van der Waals surface area (Å²) in [5.74, 6) is -1.18. The molecule has 80 valence electrons. The van der Waals surface area contributed by atoms with Gasteiger partial charge in [-0.15, -0.1) is 0 Å². The summed E-state index contributed by atoms with van der Waals surface area (Å²) in [5.41, 5.74) is 0. The second kappa shape index (κ2) is 7.08. The maximum atomic E-state index is 9.36. The Kier molecular flexibility index (Phi) is 6.39. The summed E-state index contributed by atoms with van der Waals surface area (Å²) in [6, 6.07) is 0. The quantitative estimate of drug-likeness (QED) is 0.571. The van der Waals surface area contributed by atoms with Crippen molar-refractivity contribution < 1.29 is 19.2 Å². The van der Waals surface area contributed by atoms with Gasteiger partial charge in [0.25, 0.3) is 0 Å². The third kappa shape index (κ3) is 6.19. The van der Waals surface area contributed by atoms with E-state index in [0.717, 1.165) is 6.54 Å². The Morgan fingerprint density at radius 2 is 2.29 bits per heavy atom. The van der Waals surface area contributed by atoms with Crippen molar-refractivity contribution >= 4 is 5.97 Å². The number of imidazole rings is 1. The molecule has 0 aliphatic rings. The molecule has 1 rings (SSSR count). The Labute approximate surface area is 83.5 Å². The van der Waals surface area contributed by atoms with Crippen LogP contribution < -0.4 is 9.67 Å². The largest absolute Gasteiger partial charge is 0.548 e. The highest BCUT2D eigenvalue weighted by Gasteiger charge is 1.92. The number of ether oxygens (including phenoxy) is 1. The van der Waals surface area contributed by atoms with E-state index in [0.29, 0.717) is 0 Å². The number of carbonyl (C=O) groups is 1. The number of nitrogens with zero attached hydrogens (tertiary/aromatic N) is 2. The van der Waals surface area contributed by atoms with Crippen LogP contribution in [0.1, 0.15) is 6.92 Å². The Morgan fingerprint density at radius 1 is 1.64 bits per heavy atom. The molecule has 1 aromatic rings. The highest BCUT2D eigenvalue weighted by molar-refractivity contribution is 5.65. The van der Waals surface area contributed by atoms with Crippen molar-refractivity contribution in [2.24, 2.45) is 7.05 Å². The van der Waals surface area contributed by atoms with Crippen LogP contribution in [0.5, 0.6) is 0 Å². The van der Waals surface area contributed by atoms with Crippen LogP contribution in [0.25, 0.3) is 0 Å². The lowest BCUT2D eigenvalue weighted by Crippen LogP contribution is -2.26. The highest BCUT2D eigenvalue weighted by Crippen LogP contribution is 1.79. The summed E-state index contributed by atoms with van der Waals surface area (Å²) in [4.78, 5) is 9.36. The molecule has 0 radical (unpaired) electrons. The van der Waals surface area contributed by atoms with E-state index in [1.165, 1.54) is 7.11 Å². The number of hydrogen-bond acceptors (Lipinski definition) is 3. The van der Waals surface area contributed by atoms with Crippen molar-refractivity contribution in [2.75, 3.05) is 13.7 Å². The fourth-order valence-electron chi connectivity index (χ4n) is 0.807. The maximum absolute atomic E-state index is 9.36. The van der Waals surface area contributed by atoms with Crippen LogP contribution in [0.15, 0.2) is 18.7 Å². The zero-order valence-corrected chi connectivity index (χ0v) is 8.77. The van der Waals surface area contributed by atoms with E-state index in [1.54, 1.807) is 0 Å². The maximum Gasteiger partial charge on any atom is 0.243 e. The molecule has 0 atom stereocenters. The van der Waals surface area contributed by atoms with Gasteiger partial charge in [0.2, 0.25) is 6.33 Å². The number of carboxylic acids is 1. The Bertz CT molecular complexity index is 271. The van der Waals surface area contributed by atoms with E-state index in [4.69, 9.17) is 0 Å². The first-order chi connectivity index (χ1) is 6.60. The molecule has 0 N–H and O–H groups in total. The van der Waals surface area contributed by atoms with E-state index in [2.05, 4.69) is 28.8 Å². The molecule has 0 saturated heterocycles. The summed E-state index contributed by atoms with van der Waals surface area (Å²) >= 11 is 0. The summed E-state index contributed by atoms with van der Waals surface area (Å²) in [6.07, 6.45) is 6.14. The number of aromatic nitrogens is 2. The molecule has 5 nitrogen and oxygen atoms in total. The van der Waals surface area contributed by atoms with Gasteiger partial charge < -0.3 is 14.6 Å². The van der Waals surface area contributed by atoms with E-state index in [-0.39, 0.29) is 6.61 Å². The third-order valence-electron chi connectivity index (χ3n) is 1.45. The van der Waals surface area contributed by atoms with Crippen LogP contribution in [-0.2, 0) is 23.1 Å². The molecule has 0 aliphatic carbocycles. The van der Waals surface area contributed by atoms with Crippen molar-refractivity contribution in [2.45, 2.75) is 13.5 Å². The lowest BCUT2D eigenvalue weighted by atomic mass is 10.7. The molecule has 0 unspecified atom stereocenters. The molecular weight excluding hydrogens is 184 g/mol. The lowest BCUT2D eigenvalue weighted by Gasteiger charge is -1.94. The zero-order valence-electron chi connectivity index (χ0n) is 8.77. The van der Waals surface area contributed by atoms with E-state index < -0.39 is 5.97 Å². The molecule has 14 heavy (non-hydrogen) atoms. The van der Waals surface area contributed by atoms with Crippen molar-refractivity contribution in [3.8, 4) is 0 Å². The van der Waals surface area contributed by atoms with Crippen LogP contribution in [0.4, 0.5) is 0 Å². The van der Waals surface area contributed by atoms with Crippen LogP contribution in [-0.4, -0.2) is 24.3 Å². The number of methoxy groups -OCH3 is 1. The third-order valence-corrected chi connectivity index (χ3v) is 1.45. The minimum atomic E-state index is -1.18. The first kappa shape index (κ1) is 12.6. The number of rotatable bonds is 3. The Hall–Kier alpha value is -1.36. The molecule has 1 heterocycles. The minimum Gasteiger partial charge on any atom is -0.548 e. The molecular formula is C9H16N2O3. The molecule has 1 aromatic heterocycles. The fourth-order valence-corrected chi connectivity index (χ4v) is 0.807. The first-order valence-corrected chi connectivity index (χ1v) is 4.30. The minimum absolute atomic E-state index is 0.319. The van der Waals surface area contributed by atoms with E-state index >= 15 is 0 Å². The number of aliphatic carboxylic acids is 1. The summed E-state index contributed by atoms with van der Waals surface area (Å²) in [5, 5.41) is 9.36. The van der Waals surface area contributed by atoms with Crippen LogP contribution in [0.3, 0.4) is 0 Å². The van der Waals surface area contributed by atoms with Gasteiger partial charge in [0, 0.05) is 7.11 Å². The van der Waals surface area contributed by atoms with E-state index in [9.17, 15) is 9.90 Å². The Morgan fingerprint density at radius 3 is 2.43 bits per heavy atom. The smallest absolute Gasteiger partial charge is 0.243 e. The van der Waals surface area contributed by atoms with Gasteiger partial charge in [0.1, 0.15) is 12.4 Å². The number of carboxylic acid groups (broad SMARTS) is 1. The summed E-state index contributed by atoms with van der Waals surface area (Å²) < 4.78 is 8.30. The molecule has 0 spiro atoms. The first-order valence-electron chi connectivity index (χ1n) is 4.30. The molecule has 5 heteroatoms.